The van der Waals surface area contributed by atoms with Gasteiger partial charge < -0.3 is 9.47 Å². The van der Waals surface area contributed by atoms with Gasteiger partial charge in [0.1, 0.15) is 5.69 Å². The van der Waals surface area contributed by atoms with E-state index in [4.69, 9.17) is 0 Å². The minimum Gasteiger partial charge on any atom is -0.338 e. The molecule has 1 aliphatic rings. The summed E-state index contributed by atoms with van der Waals surface area (Å²) in [6, 6.07) is 5.26. The summed E-state index contributed by atoms with van der Waals surface area (Å²) in [5, 5.41) is 0.271. The van der Waals surface area contributed by atoms with Crippen LogP contribution in [0.3, 0.4) is 0 Å². The lowest BCUT2D eigenvalue weighted by molar-refractivity contribution is -0.144. The average molecular weight is 380 g/mol. The van der Waals surface area contributed by atoms with Gasteiger partial charge in [-0.15, -0.1) is 0 Å². The Balaban J connectivity index is 2.10. The molecule has 1 atom stereocenters. The Labute approximate surface area is 155 Å². The van der Waals surface area contributed by atoms with Crippen molar-refractivity contribution in [3.05, 3.63) is 45.7 Å². The van der Waals surface area contributed by atoms with Crippen LogP contribution < -0.4 is 5.43 Å². The van der Waals surface area contributed by atoms with Crippen LogP contribution in [0, 0.1) is 6.92 Å². The molecule has 1 fully saturated rings. The molecule has 146 valence electrons. The van der Waals surface area contributed by atoms with Gasteiger partial charge in [-0.05, 0) is 38.3 Å². The monoisotopic (exact) mass is 380 g/mol. The number of pyridine rings is 1. The molecule has 7 heteroatoms. The van der Waals surface area contributed by atoms with Crippen LogP contribution >= 0.6 is 0 Å². The smallest absolute Gasteiger partial charge is 0.338 e. The van der Waals surface area contributed by atoms with E-state index in [9.17, 15) is 22.8 Å². The highest BCUT2D eigenvalue weighted by Gasteiger charge is 2.37. The van der Waals surface area contributed by atoms with Gasteiger partial charge in [-0.1, -0.05) is 18.6 Å². The average Bonchev–Trinajstić information content (AvgIpc) is 3.05. The molecule has 1 aromatic carbocycles. The maximum Gasteiger partial charge on any atom is 0.431 e. The van der Waals surface area contributed by atoms with Crippen molar-refractivity contribution in [3.63, 3.8) is 0 Å². The Hall–Kier alpha value is -2.31. The number of halogens is 3. The number of benzene rings is 1. The third-order valence-corrected chi connectivity index (χ3v) is 5.11. The van der Waals surface area contributed by atoms with E-state index in [2.05, 4.69) is 0 Å². The van der Waals surface area contributed by atoms with Crippen LogP contribution in [0.15, 0.2) is 29.1 Å². The minimum absolute atomic E-state index is 0.0187. The number of rotatable bonds is 4. The predicted octanol–water partition coefficient (Wildman–Crippen LogP) is 4.12. The number of fused-ring (bicyclic) bond motifs is 1. The molecule has 0 N–H and O–H groups in total. The molecule has 4 nitrogen and oxygen atoms in total. The third kappa shape index (κ3) is 3.87. The highest BCUT2D eigenvalue weighted by Crippen LogP contribution is 2.32. The zero-order chi connectivity index (χ0) is 19.8. The van der Waals surface area contributed by atoms with Gasteiger partial charge >= 0.3 is 6.18 Å². The Morgan fingerprint density at radius 1 is 1.26 bits per heavy atom. The first kappa shape index (κ1) is 19.5. The Bertz CT molecular complexity index is 918. The van der Waals surface area contributed by atoms with E-state index in [1.54, 1.807) is 30.0 Å². The van der Waals surface area contributed by atoms with Gasteiger partial charge in [-0.3, -0.25) is 9.59 Å². The first-order valence-electron chi connectivity index (χ1n) is 9.23. The quantitative estimate of drug-likeness (QED) is 0.801. The number of alkyl halides is 3. The SMILES string of the molecule is CCCC(=O)N1CCC[C@@H]1Cn1c(C(F)(F)F)cc(=O)c2cc(C)ccc21. The molecule has 0 aliphatic carbocycles. The van der Waals surface area contributed by atoms with Crippen molar-refractivity contribution in [3.8, 4) is 0 Å². The molecule has 1 saturated heterocycles. The summed E-state index contributed by atoms with van der Waals surface area (Å²) in [5.41, 5.74) is -0.525. The van der Waals surface area contributed by atoms with E-state index < -0.39 is 17.3 Å². The first-order chi connectivity index (χ1) is 12.7. The van der Waals surface area contributed by atoms with E-state index in [1.165, 1.54) is 4.57 Å². The summed E-state index contributed by atoms with van der Waals surface area (Å²) in [7, 11) is 0. The molecule has 0 saturated carbocycles. The number of hydrogen-bond donors (Lipinski definition) is 0. The highest BCUT2D eigenvalue weighted by atomic mass is 19.4. The lowest BCUT2D eigenvalue weighted by Gasteiger charge is -2.28. The summed E-state index contributed by atoms with van der Waals surface area (Å²) >= 11 is 0. The number of carbonyl (C=O) groups is 1. The Kier molecular flexibility index (Phi) is 5.31. The van der Waals surface area contributed by atoms with Crippen LogP contribution in [-0.4, -0.2) is 28.0 Å². The van der Waals surface area contributed by atoms with Gasteiger partial charge in [-0.2, -0.15) is 13.2 Å². The summed E-state index contributed by atoms with van der Waals surface area (Å²) in [4.78, 5) is 26.3. The number of aryl methyl sites for hydroxylation is 1. The van der Waals surface area contributed by atoms with Crippen LogP contribution in [0.4, 0.5) is 13.2 Å². The zero-order valence-electron chi connectivity index (χ0n) is 15.5. The molecular weight excluding hydrogens is 357 g/mol. The molecule has 2 heterocycles. The van der Waals surface area contributed by atoms with E-state index in [1.807, 2.05) is 6.92 Å². The van der Waals surface area contributed by atoms with Crippen molar-refractivity contribution in [1.29, 1.82) is 0 Å². The van der Waals surface area contributed by atoms with Gasteiger partial charge in [0.05, 0.1) is 5.52 Å². The fourth-order valence-corrected chi connectivity index (χ4v) is 3.85. The number of nitrogens with zero attached hydrogens (tertiary/aromatic N) is 2. The second kappa shape index (κ2) is 7.37. The molecule has 0 unspecified atom stereocenters. The van der Waals surface area contributed by atoms with E-state index in [0.29, 0.717) is 31.9 Å². The number of amides is 1. The van der Waals surface area contributed by atoms with E-state index in [-0.39, 0.29) is 29.4 Å². The van der Waals surface area contributed by atoms with E-state index in [0.717, 1.165) is 12.0 Å². The summed E-state index contributed by atoms with van der Waals surface area (Å²) in [5.74, 6) is -0.0187. The standard InChI is InChI=1S/C20H23F3N2O2/c1-3-5-19(27)24-9-4-6-14(24)12-25-16-8-7-13(2)10-15(16)17(26)11-18(25)20(21,22)23/h7-8,10-11,14H,3-6,9,12H2,1-2H3/t14-/m1/s1. The van der Waals surface area contributed by atoms with Crippen molar-refractivity contribution < 1.29 is 18.0 Å². The van der Waals surface area contributed by atoms with Gasteiger partial charge in [0, 0.05) is 37.0 Å². The largest absolute Gasteiger partial charge is 0.431 e. The highest BCUT2D eigenvalue weighted by molar-refractivity contribution is 5.80. The van der Waals surface area contributed by atoms with Gasteiger partial charge in [-0.25, -0.2) is 0 Å². The summed E-state index contributed by atoms with van der Waals surface area (Å²) in [6.45, 7) is 4.30. The van der Waals surface area contributed by atoms with Crippen molar-refractivity contribution in [1.82, 2.24) is 9.47 Å². The van der Waals surface area contributed by atoms with Gasteiger partial charge in [0.2, 0.25) is 5.91 Å². The molecule has 1 amide bonds. The lowest BCUT2D eigenvalue weighted by Crippen LogP contribution is -2.39. The molecule has 1 aliphatic heterocycles. The zero-order valence-corrected chi connectivity index (χ0v) is 15.5. The van der Waals surface area contributed by atoms with Crippen molar-refractivity contribution in [2.24, 2.45) is 0 Å². The van der Waals surface area contributed by atoms with E-state index >= 15 is 0 Å². The number of hydrogen-bond acceptors (Lipinski definition) is 2. The van der Waals surface area contributed by atoms with Gasteiger partial charge in [0.15, 0.2) is 5.43 Å². The minimum atomic E-state index is -4.64. The molecule has 0 bridgehead atoms. The molecular formula is C20H23F3N2O2. The van der Waals surface area contributed by atoms with Crippen molar-refractivity contribution in [2.75, 3.05) is 6.54 Å². The van der Waals surface area contributed by atoms with Crippen molar-refractivity contribution >= 4 is 16.8 Å². The fourth-order valence-electron chi connectivity index (χ4n) is 3.85. The molecule has 0 radical (unpaired) electrons. The first-order valence-corrected chi connectivity index (χ1v) is 9.23. The van der Waals surface area contributed by atoms with Crippen molar-refractivity contribution in [2.45, 2.75) is 58.3 Å². The fraction of sp³-hybridized carbons (Fsp3) is 0.500. The maximum atomic E-state index is 13.6. The second-order valence-electron chi connectivity index (χ2n) is 7.16. The van der Waals surface area contributed by atoms with Crippen LogP contribution in [0.25, 0.3) is 10.9 Å². The molecule has 1 aromatic heterocycles. The normalized spacial score (nSPS) is 17.7. The molecule has 27 heavy (non-hydrogen) atoms. The number of carbonyl (C=O) groups excluding carboxylic acids is 1. The van der Waals surface area contributed by atoms with Gasteiger partial charge in [0.25, 0.3) is 0 Å². The lowest BCUT2D eigenvalue weighted by atomic mass is 10.1. The summed E-state index contributed by atoms with van der Waals surface area (Å²) in [6.07, 6.45) is -2.11. The third-order valence-electron chi connectivity index (χ3n) is 5.11. The topological polar surface area (TPSA) is 42.3 Å². The second-order valence-corrected chi connectivity index (χ2v) is 7.16. The Morgan fingerprint density at radius 2 is 2.00 bits per heavy atom. The Morgan fingerprint density at radius 3 is 2.67 bits per heavy atom. The molecule has 0 spiro atoms. The van der Waals surface area contributed by atoms with Crippen LogP contribution in [-0.2, 0) is 17.5 Å². The number of likely N-dealkylation sites (tertiary alicyclic amines) is 1. The van der Waals surface area contributed by atoms with Crippen LogP contribution in [0.2, 0.25) is 0 Å². The predicted molar refractivity (Wildman–Crippen MR) is 97.6 cm³/mol. The summed E-state index contributed by atoms with van der Waals surface area (Å²) < 4.78 is 42.1. The van der Waals surface area contributed by atoms with Crippen LogP contribution in [0.1, 0.15) is 43.9 Å². The molecule has 3 rings (SSSR count). The number of aromatic nitrogens is 1. The maximum absolute atomic E-state index is 13.6. The van der Waals surface area contributed by atoms with Crippen LogP contribution in [0.5, 0.6) is 0 Å². The molecule has 2 aromatic rings.